The van der Waals surface area contributed by atoms with Crippen LogP contribution < -0.4 is 4.74 Å². The number of carbonyl (C=O) groups is 3. The molecular formula is C20H26N2O6. The Bertz CT molecular complexity index is 750. The molecule has 0 aromatic heterocycles. The van der Waals surface area contributed by atoms with E-state index in [4.69, 9.17) is 9.47 Å². The van der Waals surface area contributed by atoms with Gasteiger partial charge < -0.3 is 24.4 Å². The summed E-state index contributed by atoms with van der Waals surface area (Å²) in [7, 11) is 3.06. The molecule has 2 unspecified atom stereocenters. The van der Waals surface area contributed by atoms with Gasteiger partial charge in [-0.1, -0.05) is 12.1 Å². The molecule has 8 heteroatoms. The van der Waals surface area contributed by atoms with E-state index in [0.717, 1.165) is 11.3 Å². The molecule has 2 fully saturated rings. The van der Waals surface area contributed by atoms with Crippen molar-refractivity contribution in [2.45, 2.75) is 19.4 Å². The molecule has 0 spiro atoms. The molecule has 2 aliphatic rings. The number of nitrogens with zero attached hydrogens (tertiary/aromatic N) is 2. The molecule has 1 aromatic carbocycles. The first kappa shape index (κ1) is 20.1. The number of likely N-dealkylation sites (tertiary alicyclic amines) is 2. The van der Waals surface area contributed by atoms with Crippen molar-refractivity contribution in [3.63, 3.8) is 0 Å². The molecule has 0 bridgehead atoms. The molecule has 28 heavy (non-hydrogen) atoms. The summed E-state index contributed by atoms with van der Waals surface area (Å²) in [5, 5.41) is 9.56. The Morgan fingerprint density at radius 3 is 2.57 bits per heavy atom. The van der Waals surface area contributed by atoms with Crippen LogP contribution in [0.5, 0.6) is 5.75 Å². The van der Waals surface area contributed by atoms with Crippen LogP contribution in [0.4, 0.5) is 0 Å². The fourth-order valence-electron chi connectivity index (χ4n) is 3.99. The van der Waals surface area contributed by atoms with Crippen LogP contribution in [-0.2, 0) is 25.7 Å². The van der Waals surface area contributed by atoms with Crippen LogP contribution in [0.15, 0.2) is 24.3 Å². The maximum atomic E-state index is 12.9. The van der Waals surface area contributed by atoms with E-state index in [0.29, 0.717) is 26.1 Å². The van der Waals surface area contributed by atoms with Crippen molar-refractivity contribution >= 4 is 17.8 Å². The van der Waals surface area contributed by atoms with Crippen LogP contribution in [0.2, 0.25) is 0 Å². The Kier molecular flexibility index (Phi) is 5.88. The SMILES string of the molecule is COCC1(C(=O)O)CCN(C(=O)C2CC(=O)N(Cc3ccc(OC)cc3)C2)C1. The van der Waals surface area contributed by atoms with Crippen LogP contribution in [-0.4, -0.2) is 73.2 Å². The predicted octanol–water partition coefficient (Wildman–Crippen LogP) is 0.993. The van der Waals surface area contributed by atoms with Gasteiger partial charge in [-0.25, -0.2) is 0 Å². The minimum Gasteiger partial charge on any atom is -0.497 e. The van der Waals surface area contributed by atoms with E-state index < -0.39 is 17.3 Å². The monoisotopic (exact) mass is 390 g/mol. The lowest BCUT2D eigenvalue weighted by Gasteiger charge is -2.25. The number of carboxylic acid groups (broad SMARTS) is 1. The van der Waals surface area contributed by atoms with E-state index in [1.807, 2.05) is 24.3 Å². The lowest BCUT2D eigenvalue weighted by molar-refractivity contribution is -0.152. The van der Waals surface area contributed by atoms with E-state index in [1.54, 1.807) is 16.9 Å². The molecule has 1 N–H and O–H groups in total. The van der Waals surface area contributed by atoms with Gasteiger partial charge in [0.2, 0.25) is 11.8 Å². The smallest absolute Gasteiger partial charge is 0.313 e. The molecule has 1 aromatic rings. The molecule has 8 nitrogen and oxygen atoms in total. The number of hydrogen-bond acceptors (Lipinski definition) is 5. The summed E-state index contributed by atoms with van der Waals surface area (Å²) >= 11 is 0. The van der Waals surface area contributed by atoms with Crippen molar-refractivity contribution in [1.82, 2.24) is 9.80 Å². The summed E-state index contributed by atoms with van der Waals surface area (Å²) in [5.41, 5.74) is -0.0936. The van der Waals surface area contributed by atoms with Crippen molar-refractivity contribution in [3.8, 4) is 5.75 Å². The minimum atomic E-state index is -1.06. The normalized spacial score (nSPS) is 24.6. The zero-order valence-electron chi connectivity index (χ0n) is 16.2. The summed E-state index contributed by atoms with van der Waals surface area (Å²) in [4.78, 5) is 40.2. The third kappa shape index (κ3) is 3.96. The Balaban J connectivity index is 1.61. The van der Waals surface area contributed by atoms with Gasteiger partial charge in [0.25, 0.3) is 0 Å². The highest BCUT2D eigenvalue weighted by Crippen LogP contribution is 2.33. The molecule has 2 heterocycles. The number of methoxy groups -OCH3 is 2. The third-order valence-corrected chi connectivity index (χ3v) is 5.64. The van der Waals surface area contributed by atoms with Crippen LogP contribution >= 0.6 is 0 Å². The first-order valence-electron chi connectivity index (χ1n) is 9.30. The maximum absolute atomic E-state index is 12.9. The van der Waals surface area contributed by atoms with Crippen LogP contribution in [0.1, 0.15) is 18.4 Å². The quantitative estimate of drug-likeness (QED) is 0.746. The number of hydrogen-bond donors (Lipinski definition) is 1. The molecule has 2 saturated heterocycles. The summed E-state index contributed by atoms with van der Waals surface area (Å²) < 4.78 is 10.2. The topological polar surface area (TPSA) is 96.4 Å². The molecule has 2 aliphatic heterocycles. The average Bonchev–Trinajstić information content (AvgIpc) is 3.27. The largest absolute Gasteiger partial charge is 0.497 e. The predicted molar refractivity (Wildman–Crippen MR) is 99.7 cm³/mol. The summed E-state index contributed by atoms with van der Waals surface area (Å²) in [6.45, 7) is 1.36. The second kappa shape index (κ2) is 8.18. The van der Waals surface area contributed by atoms with Crippen LogP contribution in [0.25, 0.3) is 0 Å². The van der Waals surface area contributed by atoms with Gasteiger partial charge in [0.1, 0.15) is 11.2 Å². The number of aliphatic carboxylic acids is 1. The Morgan fingerprint density at radius 1 is 1.25 bits per heavy atom. The van der Waals surface area contributed by atoms with Crippen molar-refractivity contribution < 1.29 is 29.0 Å². The van der Waals surface area contributed by atoms with Gasteiger partial charge in [-0.3, -0.25) is 14.4 Å². The van der Waals surface area contributed by atoms with Gasteiger partial charge in [-0.05, 0) is 24.1 Å². The standard InChI is InChI=1S/C20H26N2O6/c1-27-13-20(19(25)26)7-8-21(12-20)18(24)15-9-17(23)22(11-15)10-14-3-5-16(28-2)6-4-14/h3-6,15H,7-13H2,1-2H3,(H,25,26). The van der Waals surface area contributed by atoms with Gasteiger partial charge in [0, 0.05) is 39.7 Å². The third-order valence-electron chi connectivity index (χ3n) is 5.64. The fraction of sp³-hybridized carbons (Fsp3) is 0.550. The molecule has 152 valence electrons. The summed E-state index contributed by atoms with van der Waals surface area (Å²) in [6.07, 6.45) is 0.522. The van der Waals surface area contributed by atoms with Crippen LogP contribution in [0, 0.1) is 11.3 Å². The summed E-state index contributed by atoms with van der Waals surface area (Å²) in [6, 6.07) is 7.47. The highest BCUT2D eigenvalue weighted by Gasteiger charge is 2.48. The van der Waals surface area contributed by atoms with Gasteiger partial charge >= 0.3 is 5.97 Å². The van der Waals surface area contributed by atoms with E-state index in [9.17, 15) is 19.5 Å². The lowest BCUT2D eigenvalue weighted by Crippen LogP contribution is -2.42. The Morgan fingerprint density at radius 2 is 1.96 bits per heavy atom. The number of amides is 2. The van der Waals surface area contributed by atoms with Crippen molar-refractivity contribution in [2.24, 2.45) is 11.3 Å². The van der Waals surface area contributed by atoms with E-state index in [-0.39, 0.29) is 31.4 Å². The molecular weight excluding hydrogens is 364 g/mol. The molecule has 0 aliphatic carbocycles. The second-order valence-electron chi connectivity index (χ2n) is 7.55. The van der Waals surface area contributed by atoms with Crippen molar-refractivity contribution in [1.29, 1.82) is 0 Å². The highest BCUT2D eigenvalue weighted by molar-refractivity contribution is 5.90. The fourth-order valence-corrected chi connectivity index (χ4v) is 3.99. The van der Waals surface area contributed by atoms with E-state index in [1.165, 1.54) is 7.11 Å². The first-order chi connectivity index (χ1) is 13.4. The Labute approximate surface area is 164 Å². The van der Waals surface area contributed by atoms with Crippen molar-refractivity contribution in [2.75, 3.05) is 40.5 Å². The van der Waals surface area contributed by atoms with Gasteiger partial charge in [-0.15, -0.1) is 0 Å². The zero-order chi connectivity index (χ0) is 20.3. The Hall–Kier alpha value is -2.61. The first-order valence-corrected chi connectivity index (χ1v) is 9.30. The average molecular weight is 390 g/mol. The van der Waals surface area contributed by atoms with Crippen LogP contribution in [0.3, 0.4) is 0 Å². The number of benzene rings is 1. The number of carboxylic acids is 1. The van der Waals surface area contributed by atoms with Crippen molar-refractivity contribution in [3.05, 3.63) is 29.8 Å². The lowest BCUT2D eigenvalue weighted by atomic mass is 9.88. The maximum Gasteiger partial charge on any atom is 0.313 e. The molecule has 2 atom stereocenters. The number of rotatable bonds is 7. The zero-order valence-corrected chi connectivity index (χ0v) is 16.2. The molecule has 2 amide bonds. The highest BCUT2D eigenvalue weighted by atomic mass is 16.5. The van der Waals surface area contributed by atoms with E-state index in [2.05, 4.69) is 0 Å². The molecule has 0 radical (unpaired) electrons. The van der Waals surface area contributed by atoms with Gasteiger partial charge in [0.15, 0.2) is 0 Å². The second-order valence-corrected chi connectivity index (χ2v) is 7.55. The van der Waals surface area contributed by atoms with Gasteiger partial charge in [0.05, 0.1) is 19.6 Å². The van der Waals surface area contributed by atoms with E-state index >= 15 is 0 Å². The minimum absolute atomic E-state index is 0.0604. The summed E-state index contributed by atoms with van der Waals surface area (Å²) in [5.74, 6) is -0.845. The molecule has 3 rings (SSSR count). The number of ether oxygens (including phenoxy) is 2. The molecule has 0 saturated carbocycles. The van der Waals surface area contributed by atoms with Gasteiger partial charge in [-0.2, -0.15) is 0 Å². The number of carbonyl (C=O) groups excluding carboxylic acids is 2.